The zero-order valence-electron chi connectivity index (χ0n) is 16.0. The van der Waals surface area contributed by atoms with Crippen LogP contribution in [0.25, 0.3) is 0 Å². The molecule has 0 spiro atoms. The van der Waals surface area contributed by atoms with E-state index in [2.05, 4.69) is 12.2 Å². The van der Waals surface area contributed by atoms with E-state index < -0.39 is 6.04 Å². The Balaban J connectivity index is 2.35. The van der Waals surface area contributed by atoms with Crippen molar-refractivity contribution in [2.75, 3.05) is 6.54 Å². The second-order valence-corrected chi connectivity index (χ2v) is 6.46. The number of carbonyl (C=O) groups excluding carboxylic acids is 2. The lowest BCUT2D eigenvalue weighted by Crippen LogP contribution is -2.43. The summed E-state index contributed by atoms with van der Waals surface area (Å²) in [5.41, 5.74) is 1.54. The van der Waals surface area contributed by atoms with Crippen LogP contribution in [0.3, 0.4) is 0 Å². The van der Waals surface area contributed by atoms with Crippen molar-refractivity contribution in [1.82, 2.24) is 10.2 Å². The minimum atomic E-state index is -0.722. The molecule has 1 atom stereocenters. The van der Waals surface area contributed by atoms with Gasteiger partial charge in [-0.2, -0.15) is 0 Å². The fourth-order valence-corrected chi connectivity index (χ4v) is 2.91. The van der Waals surface area contributed by atoms with Gasteiger partial charge in [-0.1, -0.05) is 62.7 Å². The number of nitrogens with one attached hydrogen (secondary N) is 1. The van der Waals surface area contributed by atoms with Crippen molar-refractivity contribution in [3.8, 4) is 0 Å². The van der Waals surface area contributed by atoms with Crippen LogP contribution >= 0.6 is 0 Å². The molecule has 144 valence electrons. The van der Waals surface area contributed by atoms with Crippen LogP contribution in [0.5, 0.6) is 0 Å². The van der Waals surface area contributed by atoms with Gasteiger partial charge in [0.2, 0.25) is 11.8 Å². The van der Waals surface area contributed by atoms with Crippen LogP contribution in [0.4, 0.5) is 4.39 Å². The molecule has 0 heterocycles. The Hall–Kier alpha value is -2.69. The summed E-state index contributed by atoms with van der Waals surface area (Å²) in [6, 6.07) is 14.6. The summed E-state index contributed by atoms with van der Waals surface area (Å²) in [6.45, 7) is 4.65. The van der Waals surface area contributed by atoms with Crippen molar-refractivity contribution >= 4 is 11.8 Å². The van der Waals surface area contributed by atoms with Gasteiger partial charge in [-0.05, 0) is 29.7 Å². The number of amides is 2. The average molecular weight is 370 g/mol. The Morgan fingerprint density at radius 2 is 1.70 bits per heavy atom. The number of rotatable bonds is 9. The highest BCUT2D eigenvalue weighted by Gasteiger charge is 2.30. The minimum absolute atomic E-state index is 0.126. The molecule has 0 aliphatic heterocycles. The molecule has 2 aromatic rings. The number of unbranched alkanes of at least 4 members (excludes halogenated alkanes) is 1. The number of hydrogen-bond donors (Lipinski definition) is 1. The average Bonchev–Trinajstić information content (AvgIpc) is 2.69. The van der Waals surface area contributed by atoms with Crippen LogP contribution in [0.15, 0.2) is 54.6 Å². The second kappa shape index (κ2) is 10.5. The van der Waals surface area contributed by atoms with Crippen LogP contribution in [0.1, 0.15) is 50.3 Å². The Morgan fingerprint density at radius 3 is 2.30 bits per heavy atom. The van der Waals surface area contributed by atoms with E-state index in [1.165, 1.54) is 12.1 Å². The van der Waals surface area contributed by atoms with Gasteiger partial charge >= 0.3 is 0 Å². The molecular weight excluding hydrogens is 343 g/mol. The quantitative estimate of drug-likeness (QED) is 0.672. The van der Waals surface area contributed by atoms with Crippen molar-refractivity contribution in [1.29, 1.82) is 0 Å². The maximum Gasteiger partial charge on any atom is 0.247 e. The van der Waals surface area contributed by atoms with Crippen molar-refractivity contribution in [3.63, 3.8) is 0 Å². The van der Waals surface area contributed by atoms with Crippen LogP contribution in [0, 0.1) is 5.82 Å². The third-order valence-corrected chi connectivity index (χ3v) is 4.39. The number of nitrogens with zero attached hydrogens (tertiary/aromatic N) is 1. The first kappa shape index (κ1) is 20.6. The van der Waals surface area contributed by atoms with E-state index in [1.54, 1.807) is 24.0 Å². The van der Waals surface area contributed by atoms with Gasteiger partial charge in [0, 0.05) is 19.5 Å². The highest BCUT2D eigenvalue weighted by atomic mass is 19.1. The van der Waals surface area contributed by atoms with Crippen LogP contribution in [-0.2, 0) is 16.1 Å². The summed E-state index contributed by atoms with van der Waals surface area (Å²) in [4.78, 5) is 27.2. The number of halogens is 1. The van der Waals surface area contributed by atoms with Crippen molar-refractivity contribution < 1.29 is 14.0 Å². The molecule has 2 aromatic carbocycles. The maximum absolute atomic E-state index is 13.2. The molecule has 0 bridgehead atoms. The number of carbonyl (C=O) groups is 2. The van der Waals surface area contributed by atoms with Gasteiger partial charge in [-0.3, -0.25) is 9.59 Å². The topological polar surface area (TPSA) is 49.4 Å². The lowest BCUT2D eigenvalue weighted by atomic mass is 10.0. The Bertz CT molecular complexity index is 732. The number of benzene rings is 2. The van der Waals surface area contributed by atoms with E-state index in [0.717, 1.165) is 24.0 Å². The molecule has 1 unspecified atom stereocenters. The predicted octanol–water partition coefficient (Wildman–Crippen LogP) is 4.22. The van der Waals surface area contributed by atoms with Crippen molar-refractivity contribution in [2.24, 2.45) is 0 Å². The molecule has 1 N–H and O–H groups in total. The molecule has 0 aromatic heterocycles. The molecule has 27 heavy (non-hydrogen) atoms. The first-order chi connectivity index (χ1) is 13.1. The first-order valence-electron chi connectivity index (χ1n) is 9.43. The Labute approximate surface area is 160 Å². The lowest BCUT2D eigenvalue weighted by molar-refractivity contribution is -0.141. The zero-order chi connectivity index (χ0) is 19.6. The standard InChI is InChI=1S/C22H27FN2O2/c1-3-5-15-24-22(27)21(18-9-7-6-8-10-18)25(20(26)4-2)16-17-11-13-19(23)14-12-17/h6-14,21H,3-5,15-16H2,1-2H3,(H,24,27). The van der Waals surface area contributed by atoms with Gasteiger partial charge in [0.15, 0.2) is 0 Å². The summed E-state index contributed by atoms with van der Waals surface area (Å²) >= 11 is 0. The molecule has 0 aliphatic carbocycles. The molecule has 2 rings (SSSR count). The van der Waals surface area contributed by atoms with Crippen LogP contribution in [0.2, 0.25) is 0 Å². The van der Waals surface area contributed by atoms with E-state index in [-0.39, 0.29) is 30.6 Å². The van der Waals surface area contributed by atoms with Gasteiger partial charge in [0.1, 0.15) is 11.9 Å². The smallest absolute Gasteiger partial charge is 0.247 e. The summed E-state index contributed by atoms with van der Waals surface area (Å²) in [6.07, 6.45) is 2.14. The molecule has 0 saturated heterocycles. The summed E-state index contributed by atoms with van der Waals surface area (Å²) in [5, 5.41) is 2.94. The monoisotopic (exact) mass is 370 g/mol. The summed E-state index contributed by atoms with van der Waals surface area (Å²) in [5.74, 6) is -0.651. The van der Waals surface area contributed by atoms with E-state index in [1.807, 2.05) is 30.3 Å². The number of hydrogen-bond acceptors (Lipinski definition) is 2. The van der Waals surface area contributed by atoms with E-state index in [0.29, 0.717) is 6.54 Å². The van der Waals surface area contributed by atoms with Crippen molar-refractivity contribution in [2.45, 2.75) is 45.7 Å². The summed E-state index contributed by atoms with van der Waals surface area (Å²) in [7, 11) is 0. The highest BCUT2D eigenvalue weighted by Crippen LogP contribution is 2.24. The molecule has 0 aliphatic rings. The van der Waals surface area contributed by atoms with E-state index >= 15 is 0 Å². The third kappa shape index (κ3) is 5.91. The molecule has 5 heteroatoms. The van der Waals surface area contributed by atoms with Crippen molar-refractivity contribution in [3.05, 3.63) is 71.5 Å². The molecule has 2 amide bonds. The molecule has 4 nitrogen and oxygen atoms in total. The van der Waals surface area contributed by atoms with Crippen LogP contribution in [-0.4, -0.2) is 23.3 Å². The third-order valence-electron chi connectivity index (χ3n) is 4.39. The summed E-state index contributed by atoms with van der Waals surface area (Å²) < 4.78 is 13.2. The van der Waals surface area contributed by atoms with Gasteiger partial charge in [0.05, 0.1) is 0 Å². The normalized spacial score (nSPS) is 11.7. The molecule has 0 saturated carbocycles. The fourth-order valence-electron chi connectivity index (χ4n) is 2.91. The van der Waals surface area contributed by atoms with Gasteiger partial charge in [0.25, 0.3) is 0 Å². The molecule has 0 fully saturated rings. The van der Waals surface area contributed by atoms with E-state index in [9.17, 15) is 14.0 Å². The predicted molar refractivity (Wildman–Crippen MR) is 104 cm³/mol. The highest BCUT2D eigenvalue weighted by molar-refractivity contribution is 5.88. The van der Waals surface area contributed by atoms with E-state index in [4.69, 9.17) is 0 Å². The molecular formula is C22H27FN2O2. The Kier molecular flexibility index (Phi) is 7.99. The first-order valence-corrected chi connectivity index (χ1v) is 9.43. The lowest BCUT2D eigenvalue weighted by Gasteiger charge is -2.31. The SMILES string of the molecule is CCCCNC(=O)C(c1ccccc1)N(Cc1ccc(F)cc1)C(=O)CC. The van der Waals surface area contributed by atoms with Gasteiger partial charge < -0.3 is 10.2 Å². The minimum Gasteiger partial charge on any atom is -0.354 e. The molecule has 0 radical (unpaired) electrons. The van der Waals surface area contributed by atoms with Gasteiger partial charge in [-0.25, -0.2) is 4.39 Å². The second-order valence-electron chi connectivity index (χ2n) is 6.46. The van der Waals surface area contributed by atoms with Gasteiger partial charge in [-0.15, -0.1) is 0 Å². The fraction of sp³-hybridized carbons (Fsp3) is 0.364. The Morgan fingerprint density at radius 1 is 1.04 bits per heavy atom. The van der Waals surface area contributed by atoms with Crippen LogP contribution < -0.4 is 5.32 Å². The zero-order valence-corrected chi connectivity index (χ0v) is 16.0. The maximum atomic E-state index is 13.2. The largest absolute Gasteiger partial charge is 0.354 e.